The molecule has 0 aromatic heterocycles. The van der Waals surface area contributed by atoms with E-state index in [4.69, 9.17) is 14.2 Å². The largest absolute Gasteiger partial charge is 0.494 e. The second kappa shape index (κ2) is 16.4. The first-order valence-corrected chi connectivity index (χ1v) is 17.2. The summed E-state index contributed by atoms with van der Waals surface area (Å²) in [5.41, 5.74) is 7.88. The number of amides is 2. The van der Waals surface area contributed by atoms with Gasteiger partial charge in [0.1, 0.15) is 24.0 Å². The lowest BCUT2D eigenvalue weighted by atomic mass is 9.96. The van der Waals surface area contributed by atoms with Crippen molar-refractivity contribution in [2.45, 2.75) is 70.9 Å². The van der Waals surface area contributed by atoms with Crippen molar-refractivity contribution in [1.82, 2.24) is 10.6 Å². The van der Waals surface area contributed by atoms with Crippen LogP contribution in [0.1, 0.15) is 68.7 Å². The van der Waals surface area contributed by atoms with Gasteiger partial charge < -0.3 is 30.0 Å². The van der Waals surface area contributed by atoms with E-state index >= 15 is 0 Å². The van der Waals surface area contributed by atoms with Crippen molar-refractivity contribution in [3.63, 3.8) is 0 Å². The minimum absolute atomic E-state index is 0.109. The molecule has 4 aromatic carbocycles. The third-order valence-corrected chi connectivity index (χ3v) is 8.60. The Morgan fingerprint density at radius 2 is 1.48 bits per heavy atom. The Morgan fingerprint density at radius 1 is 0.820 bits per heavy atom. The zero-order chi connectivity index (χ0) is 35.7. The first kappa shape index (κ1) is 36.0. The van der Waals surface area contributed by atoms with Crippen molar-refractivity contribution in [1.29, 1.82) is 0 Å². The number of ether oxygens (including phenoxy) is 3. The molecule has 1 atom stereocenters. The number of carbonyl (C=O) groups is 3. The Balaban J connectivity index is 1.11. The molecule has 0 heterocycles. The monoisotopic (exact) mass is 678 g/mol. The Hall–Kier alpha value is -5.31. The predicted octanol–water partition coefficient (Wildman–Crippen LogP) is 8.13. The zero-order valence-electron chi connectivity index (χ0n) is 29.2. The molecule has 4 aromatic rings. The van der Waals surface area contributed by atoms with E-state index in [1.54, 1.807) is 0 Å². The van der Waals surface area contributed by atoms with E-state index in [-0.39, 0.29) is 18.9 Å². The lowest BCUT2D eigenvalue weighted by molar-refractivity contribution is -0.139. The first-order chi connectivity index (χ1) is 24.0. The van der Waals surface area contributed by atoms with Crippen LogP contribution in [0.15, 0.2) is 91.0 Å². The number of aliphatic carboxylic acids is 1. The van der Waals surface area contributed by atoms with Crippen LogP contribution < -0.4 is 15.4 Å². The molecule has 262 valence electrons. The summed E-state index contributed by atoms with van der Waals surface area (Å²) in [6.45, 7) is 8.75. The Labute approximate surface area is 294 Å². The molecule has 2 amide bonds. The van der Waals surface area contributed by atoms with Gasteiger partial charge >= 0.3 is 18.2 Å². The van der Waals surface area contributed by atoms with Gasteiger partial charge in [0, 0.05) is 18.9 Å². The lowest BCUT2D eigenvalue weighted by Crippen LogP contribution is -2.42. The summed E-state index contributed by atoms with van der Waals surface area (Å²) in [5.74, 6) is -0.464. The van der Waals surface area contributed by atoms with Crippen LogP contribution in [0, 0.1) is 0 Å². The van der Waals surface area contributed by atoms with Gasteiger partial charge in [-0.25, -0.2) is 14.4 Å². The number of hydrogen-bond donors (Lipinski definition) is 3. The van der Waals surface area contributed by atoms with Gasteiger partial charge in [-0.3, -0.25) is 0 Å². The van der Waals surface area contributed by atoms with E-state index in [2.05, 4.69) is 29.7 Å². The van der Waals surface area contributed by atoms with Gasteiger partial charge in [0.05, 0.1) is 6.61 Å². The quantitative estimate of drug-likeness (QED) is 0.115. The number of hydrogen-bond acceptors (Lipinski definition) is 6. The summed E-state index contributed by atoms with van der Waals surface area (Å²) in [6, 6.07) is 28.7. The molecule has 0 saturated carbocycles. The summed E-state index contributed by atoms with van der Waals surface area (Å²) < 4.78 is 16.8. The molecule has 0 spiro atoms. The molecule has 0 radical (unpaired) electrons. The number of fused-ring (bicyclic) bond motifs is 3. The van der Waals surface area contributed by atoms with Gasteiger partial charge in [-0.15, -0.1) is 0 Å². The summed E-state index contributed by atoms with van der Waals surface area (Å²) in [7, 11) is 0. The normalized spacial score (nSPS) is 12.7. The van der Waals surface area contributed by atoms with Crippen LogP contribution in [0.2, 0.25) is 0 Å². The molecule has 50 heavy (non-hydrogen) atoms. The highest BCUT2D eigenvalue weighted by Gasteiger charge is 2.30. The third kappa shape index (κ3) is 9.43. The van der Waals surface area contributed by atoms with E-state index in [0.29, 0.717) is 13.2 Å². The SMILES string of the molecule is CCc1cc(OCCCCNC(=O)OC(C)(C)C)ccc1-c1ccc(C[C@@H](NC(=O)OCC2c3ccccc3-c3ccccc32)C(=O)O)cc1. The molecule has 0 saturated heterocycles. The van der Waals surface area contributed by atoms with Crippen molar-refractivity contribution >= 4 is 18.2 Å². The van der Waals surface area contributed by atoms with Crippen LogP contribution >= 0.6 is 0 Å². The highest BCUT2D eigenvalue weighted by Crippen LogP contribution is 2.44. The van der Waals surface area contributed by atoms with E-state index in [0.717, 1.165) is 69.5 Å². The highest BCUT2D eigenvalue weighted by molar-refractivity contribution is 5.81. The summed E-state index contributed by atoms with van der Waals surface area (Å²) in [5, 5.41) is 15.2. The zero-order valence-corrected chi connectivity index (χ0v) is 29.2. The van der Waals surface area contributed by atoms with E-state index in [1.807, 2.05) is 99.6 Å². The molecular formula is C41H46N2O7. The molecular weight excluding hydrogens is 632 g/mol. The smallest absolute Gasteiger partial charge is 0.407 e. The van der Waals surface area contributed by atoms with Crippen LogP contribution in [0.3, 0.4) is 0 Å². The fraction of sp³-hybridized carbons (Fsp3) is 0.341. The predicted molar refractivity (Wildman–Crippen MR) is 194 cm³/mol. The highest BCUT2D eigenvalue weighted by atomic mass is 16.6. The van der Waals surface area contributed by atoms with Crippen LogP contribution in [0.5, 0.6) is 5.75 Å². The fourth-order valence-corrected chi connectivity index (χ4v) is 6.19. The maximum atomic E-state index is 12.8. The number of nitrogens with one attached hydrogen (secondary N) is 2. The van der Waals surface area contributed by atoms with Gasteiger partial charge in [0.25, 0.3) is 0 Å². The molecule has 3 N–H and O–H groups in total. The molecule has 9 heteroatoms. The lowest BCUT2D eigenvalue weighted by Gasteiger charge is -2.19. The summed E-state index contributed by atoms with van der Waals surface area (Å²) in [4.78, 5) is 36.7. The Kier molecular flexibility index (Phi) is 11.8. The number of carboxylic acids is 1. The van der Waals surface area contributed by atoms with Crippen LogP contribution in [0.25, 0.3) is 22.3 Å². The summed E-state index contributed by atoms with van der Waals surface area (Å²) in [6.07, 6.45) is 1.30. The van der Waals surface area contributed by atoms with Crippen LogP contribution in [0.4, 0.5) is 9.59 Å². The minimum atomic E-state index is -1.15. The number of aryl methyl sites for hydroxylation is 1. The number of benzene rings is 4. The van der Waals surface area contributed by atoms with Crippen molar-refractivity contribution in [3.8, 4) is 28.0 Å². The Morgan fingerprint density at radius 3 is 2.10 bits per heavy atom. The van der Waals surface area contributed by atoms with Crippen molar-refractivity contribution in [2.75, 3.05) is 19.8 Å². The fourth-order valence-electron chi connectivity index (χ4n) is 6.19. The molecule has 1 aliphatic rings. The number of unbranched alkanes of at least 4 members (excludes halogenated alkanes) is 1. The minimum Gasteiger partial charge on any atom is -0.494 e. The number of carbonyl (C=O) groups excluding carboxylic acids is 2. The average Bonchev–Trinajstić information content (AvgIpc) is 3.41. The van der Waals surface area contributed by atoms with E-state index in [9.17, 15) is 19.5 Å². The van der Waals surface area contributed by atoms with E-state index in [1.165, 1.54) is 0 Å². The number of alkyl carbamates (subject to hydrolysis) is 2. The third-order valence-electron chi connectivity index (χ3n) is 8.60. The van der Waals surface area contributed by atoms with Crippen LogP contribution in [-0.2, 0) is 27.1 Å². The summed E-state index contributed by atoms with van der Waals surface area (Å²) >= 11 is 0. The van der Waals surface area contributed by atoms with Crippen molar-refractivity contribution in [2.24, 2.45) is 0 Å². The maximum Gasteiger partial charge on any atom is 0.407 e. The molecule has 9 nitrogen and oxygen atoms in total. The molecule has 5 rings (SSSR count). The van der Waals surface area contributed by atoms with Gasteiger partial charge in [0.15, 0.2) is 0 Å². The standard InChI is InChI=1S/C41H46N2O7/c1-5-28-25-30(48-23-11-10-22-42-39(46)50-41(2,3)4)20-21-31(28)29-18-16-27(17-19-29)24-37(38(44)45)43-40(47)49-26-36-34-14-8-6-12-32(34)33-13-7-9-15-35(33)36/h6-9,12-21,25,36-37H,5,10-11,22-24,26H2,1-4H3,(H,42,46)(H,43,47)(H,44,45)/t37-/m1/s1. The van der Waals surface area contributed by atoms with Crippen molar-refractivity contribution in [3.05, 3.63) is 113 Å². The second-order valence-corrected chi connectivity index (χ2v) is 13.4. The molecule has 0 unspecified atom stereocenters. The van der Waals surface area contributed by atoms with Gasteiger partial charge in [-0.05, 0) is 96.7 Å². The molecule has 0 fully saturated rings. The van der Waals surface area contributed by atoms with Gasteiger partial charge in [0.2, 0.25) is 0 Å². The maximum absolute atomic E-state index is 12.8. The number of rotatable bonds is 14. The second-order valence-electron chi connectivity index (χ2n) is 13.4. The van der Waals surface area contributed by atoms with Gasteiger partial charge in [-0.1, -0.05) is 85.8 Å². The van der Waals surface area contributed by atoms with E-state index < -0.39 is 29.8 Å². The first-order valence-electron chi connectivity index (χ1n) is 17.2. The molecule has 0 bridgehead atoms. The molecule has 0 aliphatic heterocycles. The van der Waals surface area contributed by atoms with Gasteiger partial charge in [-0.2, -0.15) is 0 Å². The van der Waals surface area contributed by atoms with Crippen molar-refractivity contribution < 1.29 is 33.7 Å². The molecule has 1 aliphatic carbocycles. The topological polar surface area (TPSA) is 123 Å². The van der Waals surface area contributed by atoms with Crippen LogP contribution in [-0.4, -0.2) is 54.7 Å². The Bertz CT molecular complexity index is 1750. The average molecular weight is 679 g/mol. The number of carboxylic acid groups (broad SMARTS) is 1.